The average molecular weight is 277 g/mol. The zero-order valence-electron chi connectivity index (χ0n) is 11.5. The second-order valence-corrected chi connectivity index (χ2v) is 5.37. The van der Waals surface area contributed by atoms with Gasteiger partial charge in [0.25, 0.3) is 11.6 Å². The Kier molecular flexibility index (Phi) is 4.22. The molecule has 3 N–H and O–H groups in total. The number of amides is 1. The molecule has 20 heavy (non-hydrogen) atoms. The fourth-order valence-electron chi connectivity index (χ4n) is 2.64. The third-order valence-corrected chi connectivity index (χ3v) is 3.91. The average Bonchev–Trinajstić information content (AvgIpc) is 2.40. The molecule has 1 fully saturated rings. The number of benzene rings is 1. The van der Waals surface area contributed by atoms with E-state index in [0.717, 1.165) is 19.3 Å². The Bertz CT molecular complexity index is 530. The minimum Gasteiger partial charge on any atom is -0.393 e. The van der Waals surface area contributed by atoms with Crippen molar-refractivity contribution >= 4 is 17.3 Å². The number of hydrogen-bond donors (Lipinski definition) is 2. The van der Waals surface area contributed by atoms with E-state index in [2.05, 4.69) is 12.2 Å². The van der Waals surface area contributed by atoms with Gasteiger partial charge in [0.15, 0.2) is 0 Å². The Morgan fingerprint density at radius 2 is 2.10 bits per heavy atom. The quantitative estimate of drug-likeness (QED) is 0.503. The number of carbonyl (C=O) groups excluding carboxylic acids is 1. The molecule has 0 bridgehead atoms. The van der Waals surface area contributed by atoms with Gasteiger partial charge < -0.3 is 11.1 Å². The number of rotatable bonds is 3. The summed E-state index contributed by atoms with van der Waals surface area (Å²) in [5.74, 6) is 0.244. The van der Waals surface area contributed by atoms with E-state index in [1.165, 1.54) is 24.6 Å². The summed E-state index contributed by atoms with van der Waals surface area (Å²) in [5.41, 5.74) is 5.81. The van der Waals surface area contributed by atoms with Crippen LogP contribution in [0.5, 0.6) is 0 Å². The molecule has 6 heteroatoms. The summed E-state index contributed by atoms with van der Waals surface area (Å²) in [5, 5.41) is 13.7. The summed E-state index contributed by atoms with van der Waals surface area (Å²) < 4.78 is 0. The Morgan fingerprint density at radius 3 is 2.70 bits per heavy atom. The maximum atomic E-state index is 12.2. The predicted molar refractivity (Wildman–Crippen MR) is 76.4 cm³/mol. The van der Waals surface area contributed by atoms with E-state index >= 15 is 0 Å². The molecule has 2 unspecified atom stereocenters. The summed E-state index contributed by atoms with van der Waals surface area (Å²) in [6, 6.07) is 4.25. The van der Waals surface area contributed by atoms with Crippen molar-refractivity contribution < 1.29 is 9.72 Å². The van der Waals surface area contributed by atoms with Crippen molar-refractivity contribution in [2.45, 2.75) is 38.6 Å². The fraction of sp³-hybridized carbons (Fsp3) is 0.500. The first kappa shape index (κ1) is 14.3. The highest BCUT2D eigenvalue weighted by Crippen LogP contribution is 2.25. The first-order chi connectivity index (χ1) is 9.49. The number of hydrogen-bond acceptors (Lipinski definition) is 4. The number of carbonyl (C=O) groups is 1. The molecule has 2 atom stereocenters. The van der Waals surface area contributed by atoms with Gasteiger partial charge in [-0.2, -0.15) is 0 Å². The Hall–Kier alpha value is -2.11. The van der Waals surface area contributed by atoms with Crippen molar-refractivity contribution in [1.29, 1.82) is 0 Å². The Balaban J connectivity index is 2.09. The van der Waals surface area contributed by atoms with Gasteiger partial charge in [0.2, 0.25) is 0 Å². The van der Waals surface area contributed by atoms with Crippen molar-refractivity contribution in [3.05, 3.63) is 33.9 Å². The third-order valence-electron chi connectivity index (χ3n) is 3.91. The highest BCUT2D eigenvalue weighted by molar-refractivity contribution is 5.95. The van der Waals surface area contributed by atoms with Crippen LogP contribution in [0.2, 0.25) is 0 Å². The van der Waals surface area contributed by atoms with Crippen molar-refractivity contribution in [1.82, 2.24) is 5.32 Å². The van der Waals surface area contributed by atoms with Gasteiger partial charge in [0.05, 0.1) is 4.92 Å². The number of nitrogens with zero attached hydrogens (tertiary/aromatic N) is 1. The largest absolute Gasteiger partial charge is 0.393 e. The number of nitrogen functional groups attached to an aromatic ring is 1. The lowest BCUT2D eigenvalue weighted by Gasteiger charge is -2.29. The summed E-state index contributed by atoms with van der Waals surface area (Å²) in [7, 11) is 0. The standard InChI is InChI=1S/C14H19N3O3/c1-9-4-2-3-5-12(9)16-14(18)10-6-7-13(17(19)20)11(15)8-10/h6-9,12H,2-5,15H2,1H3,(H,16,18). The van der Waals surface area contributed by atoms with Crippen molar-refractivity contribution in [3.8, 4) is 0 Å². The lowest BCUT2D eigenvalue weighted by Crippen LogP contribution is -2.41. The topological polar surface area (TPSA) is 98.3 Å². The van der Waals surface area contributed by atoms with Crippen LogP contribution in [0.4, 0.5) is 11.4 Å². The summed E-state index contributed by atoms with van der Waals surface area (Å²) >= 11 is 0. The zero-order valence-corrected chi connectivity index (χ0v) is 11.5. The molecule has 0 saturated heterocycles. The lowest BCUT2D eigenvalue weighted by atomic mass is 9.86. The molecule has 0 aromatic heterocycles. The number of nitrogens with two attached hydrogens (primary N) is 1. The second-order valence-electron chi connectivity index (χ2n) is 5.37. The molecule has 1 aliphatic carbocycles. The molecule has 0 aliphatic heterocycles. The summed E-state index contributed by atoms with van der Waals surface area (Å²) in [4.78, 5) is 22.3. The van der Waals surface area contributed by atoms with Crippen LogP contribution in [-0.4, -0.2) is 16.9 Å². The van der Waals surface area contributed by atoms with Crippen molar-refractivity contribution in [2.75, 3.05) is 5.73 Å². The summed E-state index contributed by atoms with van der Waals surface area (Å²) in [6.07, 6.45) is 4.43. The lowest BCUT2D eigenvalue weighted by molar-refractivity contribution is -0.383. The molecule has 0 heterocycles. The minimum absolute atomic E-state index is 0.0133. The molecule has 1 amide bonds. The zero-order chi connectivity index (χ0) is 14.7. The van der Waals surface area contributed by atoms with Crippen molar-refractivity contribution in [3.63, 3.8) is 0 Å². The van der Waals surface area contributed by atoms with Gasteiger partial charge in [-0.05, 0) is 30.9 Å². The van der Waals surface area contributed by atoms with E-state index in [-0.39, 0.29) is 23.3 Å². The van der Waals surface area contributed by atoms with Gasteiger partial charge in [-0.3, -0.25) is 14.9 Å². The molecule has 1 aromatic carbocycles. The van der Waals surface area contributed by atoms with E-state index < -0.39 is 4.92 Å². The van der Waals surface area contributed by atoms with Crippen LogP contribution in [0.3, 0.4) is 0 Å². The first-order valence-electron chi connectivity index (χ1n) is 6.84. The number of nitrogens with one attached hydrogen (secondary N) is 1. The Labute approximate surface area is 117 Å². The molecule has 1 aliphatic rings. The molecule has 108 valence electrons. The third kappa shape index (κ3) is 3.07. The molecular weight excluding hydrogens is 258 g/mol. The smallest absolute Gasteiger partial charge is 0.292 e. The van der Waals surface area contributed by atoms with Gasteiger partial charge in [0, 0.05) is 17.7 Å². The van der Waals surface area contributed by atoms with E-state index in [4.69, 9.17) is 5.73 Å². The van der Waals surface area contributed by atoms with E-state index in [9.17, 15) is 14.9 Å². The molecule has 0 radical (unpaired) electrons. The molecule has 6 nitrogen and oxygen atoms in total. The second kappa shape index (κ2) is 5.90. The van der Waals surface area contributed by atoms with Crippen LogP contribution >= 0.6 is 0 Å². The molecule has 2 rings (SSSR count). The Morgan fingerprint density at radius 1 is 1.40 bits per heavy atom. The van der Waals surface area contributed by atoms with Crippen molar-refractivity contribution in [2.24, 2.45) is 5.92 Å². The first-order valence-corrected chi connectivity index (χ1v) is 6.84. The normalized spacial score (nSPS) is 22.2. The van der Waals surface area contributed by atoms with Gasteiger partial charge in [-0.15, -0.1) is 0 Å². The van der Waals surface area contributed by atoms with E-state index in [1.807, 2.05) is 0 Å². The van der Waals surface area contributed by atoms with Crippen LogP contribution in [-0.2, 0) is 0 Å². The van der Waals surface area contributed by atoms with Crippen LogP contribution in [0.1, 0.15) is 43.0 Å². The number of anilines is 1. The maximum absolute atomic E-state index is 12.2. The van der Waals surface area contributed by atoms with Gasteiger partial charge in [-0.25, -0.2) is 0 Å². The van der Waals surface area contributed by atoms with Gasteiger partial charge in [0.1, 0.15) is 5.69 Å². The molecule has 0 spiro atoms. The highest BCUT2D eigenvalue weighted by Gasteiger charge is 2.23. The SMILES string of the molecule is CC1CCCCC1NC(=O)c1ccc([N+](=O)[O-])c(N)c1. The van der Waals surface area contributed by atoms with E-state index in [1.54, 1.807) is 0 Å². The molecule has 1 aromatic rings. The fourth-order valence-corrected chi connectivity index (χ4v) is 2.64. The van der Waals surface area contributed by atoms with E-state index in [0.29, 0.717) is 11.5 Å². The van der Waals surface area contributed by atoms with Gasteiger partial charge >= 0.3 is 0 Å². The van der Waals surface area contributed by atoms with Crippen LogP contribution in [0.15, 0.2) is 18.2 Å². The van der Waals surface area contributed by atoms with Crippen LogP contribution < -0.4 is 11.1 Å². The van der Waals surface area contributed by atoms with Gasteiger partial charge in [-0.1, -0.05) is 19.8 Å². The molecule has 1 saturated carbocycles. The molecular formula is C14H19N3O3. The maximum Gasteiger partial charge on any atom is 0.292 e. The minimum atomic E-state index is -0.555. The monoisotopic (exact) mass is 277 g/mol. The number of nitro benzene ring substituents is 1. The predicted octanol–water partition coefficient (Wildman–Crippen LogP) is 2.49. The highest BCUT2D eigenvalue weighted by atomic mass is 16.6. The van der Waals surface area contributed by atoms with Crippen LogP contribution in [0.25, 0.3) is 0 Å². The number of nitro groups is 1. The summed E-state index contributed by atoms with van der Waals surface area (Å²) in [6.45, 7) is 2.13. The van der Waals surface area contributed by atoms with Crippen LogP contribution in [0, 0.1) is 16.0 Å².